The monoisotopic (exact) mass is 368 g/mol. The number of likely N-dealkylation sites (N-methyl/N-ethyl adjacent to an activating group) is 1. The van der Waals surface area contributed by atoms with Crippen molar-refractivity contribution in [3.05, 3.63) is 28.7 Å². The van der Waals surface area contributed by atoms with Crippen molar-refractivity contribution in [2.24, 2.45) is 0 Å². The average Bonchev–Trinajstić information content (AvgIpc) is 2.50. The van der Waals surface area contributed by atoms with Gasteiger partial charge in [-0.1, -0.05) is 12.1 Å². The molecule has 0 atom stereocenters. The zero-order valence-electron chi connectivity index (χ0n) is 12.6. The maximum atomic E-state index is 12.1. The number of hydrogen-bond donors (Lipinski definition) is 2. The van der Waals surface area contributed by atoms with Gasteiger partial charge >= 0.3 is 0 Å². The van der Waals surface area contributed by atoms with E-state index in [9.17, 15) is 9.59 Å². The zero-order chi connectivity index (χ0) is 15.9. The Morgan fingerprint density at radius 3 is 2.64 bits per heavy atom. The first-order valence-electron chi connectivity index (χ1n) is 7.27. The zero-order valence-corrected chi connectivity index (χ0v) is 14.2. The van der Waals surface area contributed by atoms with Gasteiger partial charge in [-0.25, -0.2) is 0 Å². The van der Waals surface area contributed by atoms with E-state index in [1.54, 1.807) is 11.9 Å². The molecule has 1 aromatic carbocycles. The van der Waals surface area contributed by atoms with E-state index in [0.717, 1.165) is 36.3 Å². The first-order valence-corrected chi connectivity index (χ1v) is 8.07. The van der Waals surface area contributed by atoms with Gasteiger partial charge in [0.05, 0.1) is 18.8 Å². The third-order valence-corrected chi connectivity index (χ3v) is 4.13. The molecule has 1 aromatic rings. The fraction of sp³-hybridized carbons (Fsp3) is 0.467. The van der Waals surface area contributed by atoms with Crippen molar-refractivity contribution in [1.82, 2.24) is 15.1 Å². The number of nitrogens with zero attached hydrogens (tertiary/aromatic N) is 2. The molecule has 1 aliphatic rings. The van der Waals surface area contributed by atoms with Gasteiger partial charge in [0.1, 0.15) is 0 Å². The molecule has 2 rings (SSSR count). The van der Waals surface area contributed by atoms with Crippen LogP contribution in [0.15, 0.2) is 28.7 Å². The lowest BCUT2D eigenvalue weighted by atomic mass is 10.3. The summed E-state index contributed by atoms with van der Waals surface area (Å²) >= 11 is 3.39. The van der Waals surface area contributed by atoms with Gasteiger partial charge in [0.25, 0.3) is 0 Å². The van der Waals surface area contributed by atoms with Crippen LogP contribution in [0.3, 0.4) is 0 Å². The Labute approximate surface area is 139 Å². The maximum Gasteiger partial charge on any atom is 0.238 e. The van der Waals surface area contributed by atoms with Crippen molar-refractivity contribution >= 4 is 33.4 Å². The fourth-order valence-electron chi connectivity index (χ4n) is 2.30. The molecule has 120 valence electrons. The molecule has 0 spiro atoms. The average molecular weight is 369 g/mol. The molecule has 0 saturated carbocycles. The van der Waals surface area contributed by atoms with Gasteiger partial charge < -0.3 is 15.5 Å². The van der Waals surface area contributed by atoms with Gasteiger partial charge in [-0.3, -0.25) is 14.5 Å². The van der Waals surface area contributed by atoms with Crippen LogP contribution in [0.2, 0.25) is 0 Å². The second kappa shape index (κ2) is 8.26. The number of hydrogen-bond acceptors (Lipinski definition) is 4. The molecule has 7 heteroatoms. The predicted molar refractivity (Wildman–Crippen MR) is 89.7 cm³/mol. The molecule has 2 amide bonds. The van der Waals surface area contributed by atoms with E-state index in [1.165, 1.54) is 0 Å². The van der Waals surface area contributed by atoms with Crippen molar-refractivity contribution in [1.29, 1.82) is 0 Å². The molecule has 1 fully saturated rings. The number of piperazine rings is 1. The normalized spacial score (nSPS) is 15.0. The van der Waals surface area contributed by atoms with E-state index in [-0.39, 0.29) is 24.9 Å². The lowest BCUT2D eigenvalue weighted by Gasteiger charge is -2.29. The Bertz CT molecular complexity index is 532. The van der Waals surface area contributed by atoms with Crippen LogP contribution in [0.25, 0.3) is 0 Å². The smallest absolute Gasteiger partial charge is 0.238 e. The van der Waals surface area contributed by atoms with Crippen LogP contribution in [-0.2, 0) is 9.59 Å². The minimum atomic E-state index is -0.137. The lowest BCUT2D eigenvalue weighted by molar-refractivity contribution is -0.133. The summed E-state index contributed by atoms with van der Waals surface area (Å²) in [5.74, 6) is -0.0693. The van der Waals surface area contributed by atoms with Crippen LogP contribution in [0.4, 0.5) is 5.69 Å². The number of benzene rings is 1. The first kappa shape index (κ1) is 16.9. The number of carbonyl (C=O) groups excluding carboxylic acids is 2. The Morgan fingerprint density at radius 1 is 1.27 bits per heavy atom. The highest BCUT2D eigenvalue weighted by atomic mass is 79.9. The predicted octanol–water partition coefficient (Wildman–Crippen LogP) is 0.751. The SMILES string of the molecule is CN(CC(=O)Nc1ccccc1Br)CC(=O)N1CCNCC1. The van der Waals surface area contributed by atoms with Gasteiger partial charge in [-0.2, -0.15) is 0 Å². The van der Waals surface area contributed by atoms with Crippen molar-refractivity contribution < 1.29 is 9.59 Å². The fourth-order valence-corrected chi connectivity index (χ4v) is 2.68. The Balaban J connectivity index is 1.78. The van der Waals surface area contributed by atoms with E-state index in [2.05, 4.69) is 26.6 Å². The van der Waals surface area contributed by atoms with Crippen LogP contribution in [0.1, 0.15) is 0 Å². The highest BCUT2D eigenvalue weighted by molar-refractivity contribution is 9.10. The number of halogens is 1. The highest BCUT2D eigenvalue weighted by Crippen LogP contribution is 2.20. The molecule has 0 unspecified atom stereocenters. The van der Waals surface area contributed by atoms with E-state index in [1.807, 2.05) is 29.2 Å². The number of nitrogens with one attached hydrogen (secondary N) is 2. The molecule has 22 heavy (non-hydrogen) atoms. The molecule has 0 radical (unpaired) electrons. The molecule has 2 N–H and O–H groups in total. The summed E-state index contributed by atoms with van der Waals surface area (Å²) in [6.07, 6.45) is 0. The highest BCUT2D eigenvalue weighted by Gasteiger charge is 2.18. The number of anilines is 1. The maximum absolute atomic E-state index is 12.1. The van der Waals surface area contributed by atoms with Crippen LogP contribution >= 0.6 is 15.9 Å². The van der Waals surface area contributed by atoms with Crippen LogP contribution < -0.4 is 10.6 Å². The van der Waals surface area contributed by atoms with Crippen LogP contribution in [-0.4, -0.2) is 67.9 Å². The van der Waals surface area contributed by atoms with E-state index < -0.39 is 0 Å². The molecule has 0 aromatic heterocycles. The molecule has 1 heterocycles. The van der Waals surface area contributed by atoms with Gasteiger partial charge in [-0.05, 0) is 35.1 Å². The van der Waals surface area contributed by atoms with Crippen LogP contribution in [0, 0.1) is 0 Å². The third-order valence-electron chi connectivity index (χ3n) is 3.44. The summed E-state index contributed by atoms with van der Waals surface area (Å²) in [6.45, 7) is 3.56. The van der Waals surface area contributed by atoms with Gasteiger partial charge in [0, 0.05) is 30.7 Å². The number of para-hydroxylation sites is 1. The first-order chi connectivity index (χ1) is 10.6. The topological polar surface area (TPSA) is 64.7 Å². The Kier molecular flexibility index (Phi) is 6.35. The van der Waals surface area contributed by atoms with Gasteiger partial charge in [0.15, 0.2) is 0 Å². The van der Waals surface area contributed by atoms with Gasteiger partial charge in [-0.15, -0.1) is 0 Å². The van der Waals surface area contributed by atoms with E-state index in [4.69, 9.17) is 0 Å². The molecule has 0 aliphatic carbocycles. The molecular formula is C15H21BrN4O2. The van der Waals surface area contributed by atoms with Crippen molar-refractivity contribution in [2.75, 3.05) is 51.6 Å². The summed E-state index contributed by atoms with van der Waals surface area (Å²) in [5.41, 5.74) is 0.731. The van der Waals surface area contributed by atoms with Crippen molar-refractivity contribution in [3.8, 4) is 0 Å². The largest absolute Gasteiger partial charge is 0.339 e. The third kappa shape index (κ3) is 5.08. The molecule has 1 saturated heterocycles. The second-order valence-electron chi connectivity index (χ2n) is 5.33. The molecular weight excluding hydrogens is 348 g/mol. The van der Waals surface area contributed by atoms with Crippen molar-refractivity contribution in [3.63, 3.8) is 0 Å². The molecule has 6 nitrogen and oxygen atoms in total. The minimum Gasteiger partial charge on any atom is -0.339 e. The molecule has 0 bridgehead atoms. The Hall–Kier alpha value is -1.44. The summed E-state index contributed by atoms with van der Waals surface area (Å²) in [5, 5.41) is 6.04. The summed E-state index contributed by atoms with van der Waals surface area (Å²) in [4.78, 5) is 27.7. The van der Waals surface area contributed by atoms with E-state index in [0.29, 0.717) is 0 Å². The van der Waals surface area contributed by atoms with Gasteiger partial charge in [0.2, 0.25) is 11.8 Å². The lowest BCUT2D eigenvalue weighted by Crippen LogP contribution is -2.49. The summed E-state index contributed by atoms with van der Waals surface area (Å²) in [6, 6.07) is 7.44. The standard InChI is InChI=1S/C15H21BrN4O2/c1-19(11-15(22)20-8-6-17-7-9-20)10-14(21)18-13-5-3-2-4-12(13)16/h2-5,17H,6-11H2,1H3,(H,18,21). The molecule has 1 aliphatic heterocycles. The number of rotatable bonds is 5. The Morgan fingerprint density at radius 2 is 1.95 bits per heavy atom. The summed E-state index contributed by atoms with van der Waals surface area (Å²) < 4.78 is 0.836. The summed E-state index contributed by atoms with van der Waals surface area (Å²) in [7, 11) is 1.78. The van der Waals surface area contributed by atoms with E-state index >= 15 is 0 Å². The number of amides is 2. The second-order valence-corrected chi connectivity index (χ2v) is 6.19. The quantitative estimate of drug-likeness (QED) is 0.804. The van der Waals surface area contributed by atoms with Crippen LogP contribution in [0.5, 0.6) is 0 Å². The van der Waals surface area contributed by atoms with Crippen molar-refractivity contribution in [2.45, 2.75) is 0 Å². The number of carbonyl (C=O) groups is 2. The minimum absolute atomic E-state index is 0.0673.